The predicted molar refractivity (Wildman–Crippen MR) is 92.5 cm³/mol. The summed E-state index contributed by atoms with van der Waals surface area (Å²) >= 11 is 3.03. The molecule has 4 nitrogen and oxygen atoms in total. The monoisotopic (exact) mass is 338 g/mol. The van der Waals surface area contributed by atoms with Crippen molar-refractivity contribution in [3.05, 3.63) is 27.9 Å². The first-order valence-corrected chi connectivity index (χ1v) is 9.27. The van der Waals surface area contributed by atoms with Crippen LogP contribution >= 0.6 is 22.7 Å². The van der Waals surface area contributed by atoms with Crippen LogP contribution < -0.4 is 5.32 Å². The molecule has 0 unspecified atom stereocenters. The van der Waals surface area contributed by atoms with Gasteiger partial charge in [-0.15, -0.1) is 11.3 Å². The van der Waals surface area contributed by atoms with E-state index in [9.17, 15) is 9.90 Å². The van der Waals surface area contributed by atoms with Crippen molar-refractivity contribution in [1.29, 1.82) is 0 Å². The molecular formula is C16H22N2O2S2. The minimum Gasteiger partial charge on any atom is -0.396 e. The van der Waals surface area contributed by atoms with E-state index < -0.39 is 0 Å². The van der Waals surface area contributed by atoms with Crippen molar-refractivity contribution in [2.75, 3.05) is 13.2 Å². The number of aliphatic hydroxyl groups is 1. The van der Waals surface area contributed by atoms with Crippen LogP contribution in [0.4, 0.5) is 0 Å². The number of nitrogens with one attached hydrogen (secondary N) is 1. The van der Waals surface area contributed by atoms with E-state index in [1.54, 1.807) is 17.5 Å². The Labute approximate surface area is 139 Å². The molecule has 22 heavy (non-hydrogen) atoms. The minimum absolute atomic E-state index is 0.0225. The van der Waals surface area contributed by atoms with Gasteiger partial charge in [-0.05, 0) is 36.1 Å². The van der Waals surface area contributed by atoms with Crippen LogP contribution in [0, 0.1) is 5.41 Å². The number of carbonyl (C=O) groups is 1. The number of hydrogen-bond donors (Lipinski definition) is 2. The number of rotatable bonds is 8. The first kappa shape index (κ1) is 17.1. The summed E-state index contributed by atoms with van der Waals surface area (Å²) in [5, 5.41) is 17.1. The summed E-state index contributed by atoms with van der Waals surface area (Å²) in [7, 11) is 0. The van der Waals surface area contributed by atoms with Gasteiger partial charge in [0.25, 0.3) is 5.91 Å². The zero-order valence-electron chi connectivity index (χ0n) is 13.0. The zero-order valence-corrected chi connectivity index (χ0v) is 14.6. The Morgan fingerprint density at radius 2 is 2.18 bits per heavy atom. The molecule has 2 aromatic rings. The van der Waals surface area contributed by atoms with E-state index in [2.05, 4.69) is 24.1 Å². The smallest absolute Gasteiger partial charge is 0.263 e. The maximum Gasteiger partial charge on any atom is 0.263 e. The third-order valence-corrected chi connectivity index (χ3v) is 5.99. The lowest BCUT2D eigenvalue weighted by molar-refractivity contribution is 0.0911. The van der Waals surface area contributed by atoms with Crippen LogP contribution in [0.5, 0.6) is 0 Å². The van der Waals surface area contributed by atoms with Gasteiger partial charge in [0.1, 0.15) is 9.88 Å². The summed E-state index contributed by atoms with van der Waals surface area (Å²) in [5.74, 6) is -0.0804. The normalized spacial score (nSPS) is 11.6. The van der Waals surface area contributed by atoms with E-state index in [-0.39, 0.29) is 17.9 Å². The van der Waals surface area contributed by atoms with Gasteiger partial charge in [-0.1, -0.05) is 13.8 Å². The minimum atomic E-state index is -0.0804. The lowest BCUT2D eigenvalue weighted by Gasteiger charge is -2.31. The SMILES string of the molecule is CCC(CC)(CCO)CNC(=O)c1cnc(-c2ccsc2)s1. The van der Waals surface area contributed by atoms with Crippen molar-refractivity contribution < 1.29 is 9.90 Å². The zero-order chi connectivity index (χ0) is 16.0. The second-order valence-electron chi connectivity index (χ2n) is 5.41. The van der Waals surface area contributed by atoms with Gasteiger partial charge in [-0.3, -0.25) is 4.79 Å². The van der Waals surface area contributed by atoms with Crippen molar-refractivity contribution in [3.63, 3.8) is 0 Å². The Bertz CT molecular complexity index is 589. The number of thiophene rings is 1. The second kappa shape index (κ2) is 7.85. The Kier molecular flexibility index (Phi) is 6.11. The highest BCUT2D eigenvalue weighted by atomic mass is 32.1. The third kappa shape index (κ3) is 3.94. The highest BCUT2D eigenvalue weighted by Crippen LogP contribution is 2.30. The van der Waals surface area contributed by atoms with Crippen LogP contribution in [-0.4, -0.2) is 29.1 Å². The molecule has 6 heteroatoms. The van der Waals surface area contributed by atoms with E-state index in [0.717, 1.165) is 23.4 Å². The Hall–Kier alpha value is -1.24. The molecule has 0 radical (unpaired) electrons. The van der Waals surface area contributed by atoms with Crippen LogP contribution in [-0.2, 0) is 0 Å². The van der Waals surface area contributed by atoms with Crippen molar-refractivity contribution >= 4 is 28.6 Å². The first-order valence-electron chi connectivity index (χ1n) is 7.51. The molecule has 120 valence electrons. The summed E-state index contributed by atoms with van der Waals surface area (Å²) in [5.41, 5.74) is 1.04. The average molecular weight is 338 g/mol. The van der Waals surface area contributed by atoms with Gasteiger partial charge in [-0.25, -0.2) is 4.98 Å². The molecule has 2 aromatic heterocycles. The van der Waals surface area contributed by atoms with E-state index in [0.29, 0.717) is 17.8 Å². The maximum atomic E-state index is 12.3. The molecular weight excluding hydrogens is 316 g/mol. The van der Waals surface area contributed by atoms with Crippen molar-refractivity contribution in [3.8, 4) is 10.6 Å². The molecule has 0 aromatic carbocycles. The fourth-order valence-electron chi connectivity index (χ4n) is 2.43. The number of aliphatic hydroxyl groups excluding tert-OH is 1. The number of amides is 1. The molecule has 0 saturated heterocycles. The predicted octanol–water partition coefficient (Wildman–Crippen LogP) is 3.79. The summed E-state index contributed by atoms with van der Waals surface area (Å²) in [6.07, 6.45) is 4.22. The van der Waals surface area contributed by atoms with Gasteiger partial charge in [0.2, 0.25) is 0 Å². The van der Waals surface area contributed by atoms with Gasteiger partial charge in [0.15, 0.2) is 0 Å². The number of carbonyl (C=O) groups excluding carboxylic acids is 1. The van der Waals surface area contributed by atoms with Crippen LogP contribution in [0.25, 0.3) is 10.6 Å². The van der Waals surface area contributed by atoms with Crippen LogP contribution in [0.1, 0.15) is 42.8 Å². The maximum absolute atomic E-state index is 12.3. The number of aromatic nitrogens is 1. The molecule has 2 N–H and O–H groups in total. The van der Waals surface area contributed by atoms with Gasteiger partial charge in [-0.2, -0.15) is 11.3 Å². The molecule has 0 aliphatic carbocycles. The highest BCUT2D eigenvalue weighted by Gasteiger charge is 2.26. The summed E-state index contributed by atoms with van der Waals surface area (Å²) in [4.78, 5) is 17.3. The van der Waals surface area contributed by atoms with Gasteiger partial charge < -0.3 is 10.4 Å². The molecule has 0 saturated carbocycles. The van der Waals surface area contributed by atoms with Gasteiger partial charge in [0.05, 0.1) is 6.20 Å². The molecule has 0 bridgehead atoms. The lowest BCUT2D eigenvalue weighted by Crippen LogP contribution is -2.37. The molecule has 2 rings (SSSR count). The van der Waals surface area contributed by atoms with E-state index >= 15 is 0 Å². The van der Waals surface area contributed by atoms with Crippen molar-refractivity contribution in [2.24, 2.45) is 5.41 Å². The number of hydrogen-bond acceptors (Lipinski definition) is 5. The first-order chi connectivity index (χ1) is 10.6. The Morgan fingerprint density at radius 3 is 2.77 bits per heavy atom. The van der Waals surface area contributed by atoms with Gasteiger partial charge >= 0.3 is 0 Å². The molecule has 0 fully saturated rings. The number of thiazole rings is 1. The largest absolute Gasteiger partial charge is 0.396 e. The summed E-state index contributed by atoms with van der Waals surface area (Å²) < 4.78 is 0. The Balaban J connectivity index is 2.00. The standard InChI is InChI=1S/C16H22N2O2S2/c1-3-16(4-2,6-7-19)11-18-14(20)13-9-17-15(22-13)12-5-8-21-10-12/h5,8-10,19H,3-4,6-7,11H2,1-2H3,(H,18,20). The quantitative estimate of drug-likeness (QED) is 0.770. The molecule has 2 heterocycles. The number of nitrogens with zero attached hydrogens (tertiary/aromatic N) is 1. The van der Waals surface area contributed by atoms with E-state index in [4.69, 9.17) is 0 Å². The van der Waals surface area contributed by atoms with Crippen molar-refractivity contribution in [1.82, 2.24) is 10.3 Å². The van der Waals surface area contributed by atoms with E-state index in [1.807, 2.05) is 16.8 Å². The average Bonchev–Trinajstić information content (AvgIpc) is 3.21. The molecule has 0 aliphatic rings. The van der Waals surface area contributed by atoms with Crippen molar-refractivity contribution in [2.45, 2.75) is 33.1 Å². The highest BCUT2D eigenvalue weighted by molar-refractivity contribution is 7.17. The molecule has 0 atom stereocenters. The summed E-state index contributed by atoms with van der Waals surface area (Å²) in [6, 6.07) is 2.01. The Morgan fingerprint density at radius 1 is 1.41 bits per heavy atom. The summed E-state index contributed by atoms with van der Waals surface area (Å²) in [6.45, 7) is 4.95. The molecule has 1 amide bonds. The van der Waals surface area contributed by atoms with E-state index in [1.165, 1.54) is 11.3 Å². The fraction of sp³-hybridized carbons (Fsp3) is 0.500. The molecule has 0 spiro atoms. The second-order valence-corrected chi connectivity index (χ2v) is 7.22. The molecule has 0 aliphatic heterocycles. The lowest BCUT2D eigenvalue weighted by atomic mass is 9.79. The third-order valence-electron chi connectivity index (χ3n) is 4.26. The van der Waals surface area contributed by atoms with Crippen LogP contribution in [0.15, 0.2) is 23.0 Å². The van der Waals surface area contributed by atoms with Gasteiger partial charge in [0, 0.05) is 24.1 Å². The topological polar surface area (TPSA) is 62.2 Å². The fourth-order valence-corrected chi connectivity index (χ4v) is 3.98. The van der Waals surface area contributed by atoms with Crippen LogP contribution in [0.2, 0.25) is 0 Å². The van der Waals surface area contributed by atoms with Crippen LogP contribution in [0.3, 0.4) is 0 Å².